The summed E-state index contributed by atoms with van der Waals surface area (Å²) in [5.41, 5.74) is 2.37. The molecule has 0 aliphatic carbocycles. The summed E-state index contributed by atoms with van der Waals surface area (Å²) in [7, 11) is -3.77. The molecular formula is C17H14ClN3O3S. The van der Waals surface area contributed by atoms with Gasteiger partial charge in [0, 0.05) is 17.5 Å². The summed E-state index contributed by atoms with van der Waals surface area (Å²) in [6.07, 6.45) is 0. The second-order valence-electron chi connectivity index (χ2n) is 5.43. The molecule has 3 aromatic rings. The summed E-state index contributed by atoms with van der Waals surface area (Å²) in [6.45, 7) is 1.43. The molecule has 0 radical (unpaired) electrons. The number of hydrogen-bond acceptors (Lipinski definition) is 4. The summed E-state index contributed by atoms with van der Waals surface area (Å²) in [6, 6.07) is 14.7. The Morgan fingerprint density at radius 1 is 1.08 bits per heavy atom. The zero-order valence-electron chi connectivity index (χ0n) is 13.2. The molecule has 3 rings (SSSR count). The molecular weight excluding hydrogens is 362 g/mol. The third-order valence-electron chi connectivity index (χ3n) is 3.62. The number of benzene rings is 2. The number of carbonyl (C=O) groups excluding carboxylic acids is 1. The van der Waals surface area contributed by atoms with E-state index < -0.39 is 10.0 Å². The molecule has 1 aromatic heterocycles. The van der Waals surface area contributed by atoms with Crippen LogP contribution >= 0.6 is 11.6 Å². The first kappa shape index (κ1) is 17.3. The Labute approximate surface area is 149 Å². The molecule has 0 unspecified atom stereocenters. The Morgan fingerprint density at radius 2 is 1.68 bits per heavy atom. The monoisotopic (exact) mass is 375 g/mol. The number of nitrogens with zero attached hydrogens (tertiary/aromatic N) is 2. The third-order valence-corrected chi connectivity index (χ3v) is 4.80. The number of aromatic nitrogens is 2. The van der Waals surface area contributed by atoms with E-state index in [9.17, 15) is 13.2 Å². The molecule has 25 heavy (non-hydrogen) atoms. The molecule has 6 nitrogen and oxygen atoms in total. The molecule has 128 valence electrons. The van der Waals surface area contributed by atoms with Gasteiger partial charge in [-0.3, -0.25) is 4.79 Å². The van der Waals surface area contributed by atoms with E-state index in [4.69, 9.17) is 16.7 Å². The Balaban J connectivity index is 2.14. The molecule has 0 fully saturated rings. The molecule has 0 amide bonds. The van der Waals surface area contributed by atoms with E-state index in [2.05, 4.69) is 5.10 Å². The molecule has 8 heteroatoms. The molecule has 2 N–H and O–H groups in total. The first-order chi connectivity index (χ1) is 11.8. The zero-order chi connectivity index (χ0) is 18.2. The van der Waals surface area contributed by atoms with Crippen molar-refractivity contribution in [1.82, 2.24) is 9.78 Å². The molecule has 0 spiro atoms. The fraction of sp³-hybridized carbons (Fsp3) is 0.0588. The lowest BCUT2D eigenvalue weighted by Crippen LogP contribution is -2.11. The number of sulfonamides is 1. The molecule has 0 aliphatic rings. The summed E-state index contributed by atoms with van der Waals surface area (Å²) < 4.78 is 24.4. The smallest absolute Gasteiger partial charge is 0.238 e. The predicted octanol–water partition coefficient (Wildman–Crippen LogP) is 3.04. The van der Waals surface area contributed by atoms with Gasteiger partial charge in [-0.15, -0.1) is 0 Å². The van der Waals surface area contributed by atoms with Crippen molar-refractivity contribution in [3.63, 3.8) is 0 Å². The molecule has 0 saturated carbocycles. The third kappa shape index (κ3) is 3.63. The number of rotatable bonds is 4. The van der Waals surface area contributed by atoms with Gasteiger partial charge in [0.05, 0.1) is 16.3 Å². The van der Waals surface area contributed by atoms with Crippen molar-refractivity contribution >= 4 is 27.4 Å². The van der Waals surface area contributed by atoms with E-state index in [0.29, 0.717) is 22.0 Å². The number of halogens is 1. The Bertz CT molecular complexity index is 1040. The van der Waals surface area contributed by atoms with Gasteiger partial charge in [-0.05, 0) is 42.5 Å². The fourth-order valence-corrected chi connectivity index (χ4v) is 2.99. The SMILES string of the molecule is CC(=O)c1cc(-c2ccc(S(N)(=O)=O)cc2)n(-c2ccc(Cl)cc2)n1. The number of nitrogens with two attached hydrogens (primary N) is 1. The molecule has 0 bridgehead atoms. The van der Waals surface area contributed by atoms with Crippen molar-refractivity contribution in [1.29, 1.82) is 0 Å². The Kier molecular flexibility index (Phi) is 4.47. The fourth-order valence-electron chi connectivity index (χ4n) is 2.35. The van der Waals surface area contributed by atoms with Crippen LogP contribution in [0.4, 0.5) is 0 Å². The first-order valence-corrected chi connectivity index (χ1v) is 9.18. The van der Waals surface area contributed by atoms with Gasteiger partial charge in [0.1, 0.15) is 5.69 Å². The second kappa shape index (κ2) is 6.44. The van der Waals surface area contributed by atoms with Gasteiger partial charge in [0.15, 0.2) is 5.78 Å². The highest BCUT2D eigenvalue weighted by Crippen LogP contribution is 2.26. The van der Waals surface area contributed by atoms with Crippen molar-refractivity contribution < 1.29 is 13.2 Å². The zero-order valence-corrected chi connectivity index (χ0v) is 14.8. The van der Waals surface area contributed by atoms with Crippen LogP contribution in [0.1, 0.15) is 17.4 Å². The van der Waals surface area contributed by atoms with Gasteiger partial charge in [-0.25, -0.2) is 18.2 Å². The molecule has 2 aromatic carbocycles. The number of carbonyl (C=O) groups is 1. The minimum Gasteiger partial charge on any atom is -0.293 e. The lowest BCUT2D eigenvalue weighted by molar-refractivity contribution is 0.101. The van der Waals surface area contributed by atoms with Crippen molar-refractivity contribution in [2.45, 2.75) is 11.8 Å². The van der Waals surface area contributed by atoms with Gasteiger partial charge in [-0.2, -0.15) is 5.10 Å². The first-order valence-electron chi connectivity index (χ1n) is 7.26. The number of hydrogen-bond donors (Lipinski definition) is 1. The van der Waals surface area contributed by atoms with E-state index in [1.807, 2.05) is 0 Å². The van der Waals surface area contributed by atoms with Crippen LogP contribution in [0.15, 0.2) is 59.5 Å². The van der Waals surface area contributed by atoms with Crippen LogP contribution in [0.3, 0.4) is 0 Å². The topological polar surface area (TPSA) is 95.0 Å². The molecule has 0 atom stereocenters. The summed E-state index contributed by atoms with van der Waals surface area (Å²) in [4.78, 5) is 11.7. The minimum atomic E-state index is -3.77. The van der Waals surface area contributed by atoms with Gasteiger partial charge in [0.25, 0.3) is 0 Å². The van der Waals surface area contributed by atoms with Crippen LogP contribution in [-0.2, 0) is 10.0 Å². The van der Waals surface area contributed by atoms with Gasteiger partial charge >= 0.3 is 0 Å². The highest BCUT2D eigenvalue weighted by molar-refractivity contribution is 7.89. The van der Waals surface area contributed by atoms with Crippen molar-refractivity contribution in [3.8, 4) is 16.9 Å². The summed E-state index contributed by atoms with van der Waals surface area (Å²) >= 11 is 5.92. The molecule has 0 aliphatic heterocycles. The standard InChI is InChI=1S/C17H14ClN3O3S/c1-11(22)16-10-17(12-2-8-15(9-3-12)25(19,23)24)21(20-16)14-6-4-13(18)5-7-14/h2-10H,1H3,(H2,19,23,24). The lowest BCUT2D eigenvalue weighted by Gasteiger charge is -2.08. The van der Waals surface area contributed by atoms with Crippen molar-refractivity contribution in [2.24, 2.45) is 5.14 Å². The normalized spacial score (nSPS) is 11.5. The molecule has 0 saturated heterocycles. The average Bonchev–Trinajstić information content (AvgIpc) is 3.00. The van der Waals surface area contributed by atoms with E-state index in [-0.39, 0.29) is 10.7 Å². The predicted molar refractivity (Wildman–Crippen MR) is 95.4 cm³/mol. The number of ketones is 1. The van der Waals surface area contributed by atoms with Crippen molar-refractivity contribution in [2.75, 3.05) is 0 Å². The average molecular weight is 376 g/mol. The highest BCUT2D eigenvalue weighted by Gasteiger charge is 2.15. The maximum atomic E-state index is 11.7. The van der Waals surface area contributed by atoms with Crippen LogP contribution in [-0.4, -0.2) is 24.0 Å². The summed E-state index contributed by atoms with van der Waals surface area (Å²) in [5, 5.41) is 10.0. The second-order valence-corrected chi connectivity index (χ2v) is 7.43. The van der Waals surface area contributed by atoms with E-state index in [1.54, 1.807) is 47.1 Å². The maximum absolute atomic E-state index is 11.7. The van der Waals surface area contributed by atoms with Crippen LogP contribution < -0.4 is 5.14 Å². The largest absolute Gasteiger partial charge is 0.293 e. The number of Topliss-reactive ketones (excluding diaryl/α,β-unsaturated/α-hetero) is 1. The van der Waals surface area contributed by atoms with Crippen LogP contribution in [0.5, 0.6) is 0 Å². The number of primary sulfonamides is 1. The van der Waals surface area contributed by atoms with Gasteiger partial charge in [0.2, 0.25) is 10.0 Å². The minimum absolute atomic E-state index is 0.0144. The van der Waals surface area contributed by atoms with Crippen LogP contribution in [0.25, 0.3) is 16.9 Å². The van der Waals surface area contributed by atoms with Gasteiger partial charge < -0.3 is 0 Å². The van der Waals surface area contributed by atoms with E-state index >= 15 is 0 Å². The lowest BCUT2D eigenvalue weighted by atomic mass is 10.1. The Morgan fingerprint density at radius 3 is 2.20 bits per heavy atom. The quantitative estimate of drug-likeness (QED) is 0.709. The maximum Gasteiger partial charge on any atom is 0.238 e. The van der Waals surface area contributed by atoms with E-state index in [0.717, 1.165) is 5.69 Å². The van der Waals surface area contributed by atoms with Crippen molar-refractivity contribution in [3.05, 3.63) is 65.3 Å². The van der Waals surface area contributed by atoms with Crippen LogP contribution in [0, 0.1) is 0 Å². The van der Waals surface area contributed by atoms with Crippen LogP contribution in [0.2, 0.25) is 5.02 Å². The summed E-state index contributed by atoms with van der Waals surface area (Å²) in [5.74, 6) is -0.171. The Hall–Kier alpha value is -2.48. The van der Waals surface area contributed by atoms with Gasteiger partial charge in [-0.1, -0.05) is 23.7 Å². The highest BCUT2D eigenvalue weighted by atomic mass is 35.5. The van der Waals surface area contributed by atoms with E-state index in [1.165, 1.54) is 19.1 Å². The molecule has 1 heterocycles.